The van der Waals surface area contributed by atoms with Gasteiger partial charge in [-0.2, -0.15) is 0 Å². The summed E-state index contributed by atoms with van der Waals surface area (Å²) in [6.45, 7) is 1.92. The van der Waals surface area contributed by atoms with Crippen molar-refractivity contribution in [3.63, 3.8) is 0 Å². The van der Waals surface area contributed by atoms with Crippen LogP contribution in [0.25, 0.3) is 0 Å². The van der Waals surface area contributed by atoms with Gasteiger partial charge in [0, 0.05) is 29.3 Å². The third-order valence-electron chi connectivity index (χ3n) is 4.24. The van der Waals surface area contributed by atoms with E-state index in [0.717, 1.165) is 13.1 Å². The first kappa shape index (κ1) is 12.9. The van der Waals surface area contributed by atoms with Gasteiger partial charge < -0.3 is 16.3 Å². The van der Waals surface area contributed by atoms with Crippen LogP contribution < -0.4 is 11.1 Å². The van der Waals surface area contributed by atoms with Crippen molar-refractivity contribution in [3.8, 4) is 0 Å². The van der Waals surface area contributed by atoms with E-state index in [1.807, 2.05) is 11.3 Å². The molecule has 0 unspecified atom stereocenters. The summed E-state index contributed by atoms with van der Waals surface area (Å²) in [6.07, 6.45) is 6.93. The van der Waals surface area contributed by atoms with Crippen molar-refractivity contribution in [3.05, 3.63) is 21.4 Å². The van der Waals surface area contributed by atoms with Gasteiger partial charge in [0.1, 0.15) is 5.84 Å². The van der Waals surface area contributed by atoms with Crippen molar-refractivity contribution in [2.75, 3.05) is 6.54 Å². The number of nitrogens with zero attached hydrogens (tertiary/aromatic N) is 1. The summed E-state index contributed by atoms with van der Waals surface area (Å²) in [5.41, 5.74) is 7.42. The number of amidine groups is 1. The van der Waals surface area contributed by atoms with E-state index < -0.39 is 0 Å². The molecule has 1 aromatic heterocycles. The number of hydrogen-bond donors (Lipinski definition) is 3. The maximum atomic E-state index is 8.64. The molecule has 0 aromatic carbocycles. The van der Waals surface area contributed by atoms with E-state index in [0.29, 0.717) is 12.3 Å². The average Bonchev–Trinajstić information content (AvgIpc) is 2.82. The molecule has 1 heterocycles. The molecule has 0 radical (unpaired) electrons. The number of nitrogens with two attached hydrogens (primary N) is 1. The van der Waals surface area contributed by atoms with Crippen LogP contribution in [0.1, 0.15) is 41.0 Å². The molecule has 19 heavy (non-hydrogen) atoms. The Bertz CT molecular complexity index is 469. The van der Waals surface area contributed by atoms with Crippen molar-refractivity contribution in [2.45, 2.75) is 45.1 Å². The number of hydrogen-bond acceptors (Lipinski definition) is 4. The molecule has 0 amide bonds. The number of nitrogens with one attached hydrogen (secondary N) is 1. The van der Waals surface area contributed by atoms with Gasteiger partial charge in [0.15, 0.2) is 0 Å². The lowest BCUT2D eigenvalue weighted by molar-refractivity contribution is 0.314. The van der Waals surface area contributed by atoms with E-state index in [-0.39, 0.29) is 5.41 Å². The van der Waals surface area contributed by atoms with Crippen molar-refractivity contribution < 1.29 is 5.21 Å². The first-order valence-electron chi connectivity index (χ1n) is 6.98. The van der Waals surface area contributed by atoms with Gasteiger partial charge in [-0.05, 0) is 49.1 Å². The van der Waals surface area contributed by atoms with Crippen LogP contribution in [0.5, 0.6) is 0 Å². The molecule has 4 nitrogen and oxygen atoms in total. The summed E-state index contributed by atoms with van der Waals surface area (Å²) in [6, 6.07) is 2.36. The van der Waals surface area contributed by atoms with Gasteiger partial charge in [0.25, 0.3) is 0 Å². The zero-order valence-electron chi connectivity index (χ0n) is 11.1. The minimum Gasteiger partial charge on any atom is -0.409 e. The lowest BCUT2D eigenvalue weighted by atomic mass is 10.0. The van der Waals surface area contributed by atoms with Crippen molar-refractivity contribution in [1.82, 2.24) is 5.32 Å². The minimum absolute atomic E-state index is 0.246. The molecule has 2 aliphatic rings. The summed E-state index contributed by atoms with van der Waals surface area (Å²) in [4.78, 5) is 3.04. The Labute approximate surface area is 117 Å². The van der Waals surface area contributed by atoms with E-state index in [9.17, 15) is 0 Å². The van der Waals surface area contributed by atoms with Crippen LogP contribution in [0.15, 0.2) is 11.2 Å². The summed E-state index contributed by atoms with van der Waals surface area (Å²) in [5.74, 6) is 0.356. The van der Waals surface area contributed by atoms with Gasteiger partial charge in [-0.3, -0.25) is 0 Å². The van der Waals surface area contributed by atoms with Crippen LogP contribution >= 0.6 is 11.3 Å². The molecule has 5 heteroatoms. The third-order valence-corrected chi connectivity index (χ3v) is 5.48. The van der Waals surface area contributed by atoms with Gasteiger partial charge in [-0.15, -0.1) is 11.3 Å². The second kappa shape index (κ2) is 5.13. The maximum Gasteiger partial charge on any atom is 0.139 e. The fourth-order valence-corrected chi connectivity index (χ4v) is 4.17. The maximum absolute atomic E-state index is 8.64. The predicted molar refractivity (Wildman–Crippen MR) is 77.7 cm³/mol. The highest BCUT2D eigenvalue weighted by atomic mass is 32.1. The Morgan fingerprint density at radius 1 is 1.47 bits per heavy atom. The van der Waals surface area contributed by atoms with Crippen molar-refractivity contribution in [1.29, 1.82) is 0 Å². The molecular weight excluding hydrogens is 258 g/mol. The molecule has 4 N–H and O–H groups in total. The Balaban J connectivity index is 1.48. The highest BCUT2D eigenvalue weighted by Crippen LogP contribution is 2.48. The van der Waals surface area contributed by atoms with Gasteiger partial charge in [-0.25, -0.2) is 0 Å². The molecule has 0 saturated heterocycles. The summed E-state index contributed by atoms with van der Waals surface area (Å²) < 4.78 is 0. The zero-order valence-corrected chi connectivity index (χ0v) is 11.9. The topological polar surface area (TPSA) is 70.6 Å². The number of thiophene rings is 1. The monoisotopic (exact) mass is 279 g/mol. The van der Waals surface area contributed by atoms with Crippen LogP contribution in [-0.4, -0.2) is 17.6 Å². The Kier molecular flexibility index (Phi) is 3.50. The molecule has 0 atom stereocenters. The molecule has 0 spiro atoms. The SMILES string of the molecule is NC(CC1(CNCc2cc3c(s2)CCC3)CC1)=NO. The van der Waals surface area contributed by atoms with Crippen molar-refractivity contribution in [2.24, 2.45) is 16.3 Å². The first-order valence-corrected chi connectivity index (χ1v) is 7.80. The normalized spacial score (nSPS) is 20.5. The summed E-state index contributed by atoms with van der Waals surface area (Å²) in [5, 5.41) is 15.3. The smallest absolute Gasteiger partial charge is 0.139 e. The first-order chi connectivity index (χ1) is 9.21. The lowest BCUT2D eigenvalue weighted by Crippen LogP contribution is -2.27. The highest BCUT2D eigenvalue weighted by molar-refractivity contribution is 7.12. The van der Waals surface area contributed by atoms with Crippen molar-refractivity contribution >= 4 is 17.2 Å². The predicted octanol–water partition coefficient (Wildman–Crippen LogP) is 2.24. The van der Waals surface area contributed by atoms with Crippen LogP contribution in [0.4, 0.5) is 0 Å². The van der Waals surface area contributed by atoms with Crippen LogP contribution in [0, 0.1) is 5.41 Å². The fourth-order valence-electron chi connectivity index (χ4n) is 2.94. The standard InChI is InChI=1S/C14H21N3OS/c15-13(17-18)7-14(4-5-14)9-16-8-11-6-10-2-1-3-12(10)19-11/h6,16,18H,1-5,7-9H2,(H2,15,17). The van der Waals surface area contributed by atoms with E-state index >= 15 is 0 Å². The van der Waals surface area contributed by atoms with Gasteiger partial charge in [-0.1, -0.05) is 5.16 Å². The average molecular weight is 279 g/mol. The number of oxime groups is 1. The van der Waals surface area contributed by atoms with Crippen LogP contribution in [0.3, 0.4) is 0 Å². The second-order valence-electron chi connectivity index (χ2n) is 5.89. The zero-order chi connectivity index (χ0) is 13.3. The molecule has 3 rings (SSSR count). The Hall–Kier alpha value is -1.07. The summed E-state index contributed by atoms with van der Waals surface area (Å²) in [7, 11) is 0. The molecule has 0 bridgehead atoms. The molecule has 1 aromatic rings. The Morgan fingerprint density at radius 3 is 3.00 bits per heavy atom. The molecule has 1 saturated carbocycles. The van der Waals surface area contributed by atoms with Gasteiger partial charge >= 0.3 is 0 Å². The minimum atomic E-state index is 0.246. The largest absolute Gasteiger partial charge is 0.409 e. The molecule has 0 aliphatic heterocycles. The van der Waals surface area contributed by atoms with Gasteiger partial charge in [0.2, 0.25) is 0 Å². The molecule has 104 valence electrons. The fraction of sp³-hybridized carbons (Fsp3) is 0.643. The quantitative estimate of drug-likeness (QED) is 0.324. The number of fused-ring (bicyclic) bond motifs is 1. The number of rotatable bonds is 6. The van der Waals surface area contributed by atoms with E-state index in [2.05, 4.69) is 16.5 Å². The lowest BCUT2D eigenvalue weighted by Gasteiger charge is -2.14. The van der Waals surface area contributed by atoms with E-state index in [4.69, 9.17) is 10.9 Å². The Morgan fingerprint density at radius 2 is 2.32 bits per heavy atom. The van der Waals surface area contributed by atoms with E-state index in [1.165, 1.54) is 37.0 Å². The number of aryl methyl sites for hydroxylation is 2. The molecular formula is C14H21N3OS. The van der Waals surface area contributed by atoms with Crippen LogP contribution in [-0.2, 0) is 19.4 Å². The van der Waals surface area contributed by atoms with Gasteiger partial charge in [0.05, 0.1) is 0 Å². The second-order valence-corrected chi connectivity index (χ2v) is 7.11. The molecule has 1 fully saturated rings. The van der Waals surface area contributed by atoms with Crippen LogP contribution in [0.2, 0.25) is 0 Å². The van der Waals surface area contributed by atoms with E-state index in [1.54, 1.807) is 10.4 Å². The summed E-state index contributed by atoms with van der Waals surface area (Å²) >= 11 is 1.96. The highest BCUT2D eigenvalue weighted by Gasteiger charge is 2.42. The third kappa shape index (κ3) is 2.92. The molecule has 2 aliphatic carbocycles.